The van der Waals surface area contributed by atoms with Gasteiger partial charge in [0, 0.05) is 0 Å². The fourth-order valence-electron chi connectivity index (χ4n) is 1.88. The first kappa shape index (κ1) is 25.3. The highest BCUT2D eigenvalue weighted by molar-refractivity contribution is 8.09. The Kier molecular flexibility index (Phi) is 6.04. The Morgan fingerprint density at radius 3 is 1.03 bits per heavy atom. The number of hydrogen-bond acceptors (Lipinski definition) is 4. The molecule has 0 heterocycles. The van der Waals surface area contributed by atoms with Crippen molar-refractivity contribution >= 4 is 19.7 Å². The van der Waals surface area contributed by atoms with Crippen molar-refractivity contribution < 1.29 is 69.5 Å². The first-order chi connectivity index (χ1) is 12.4. The molecule has 0 N–H and O–H groups in total. The molecule has 0 fully saturated rings. The molecule has 1 aromatic rings. The van der Waals surface area contributed by atoms with Gasteiger partial charge >= 0.3 is 23.4 Å². The topological polar surface area (TPSA) is 68.3 Å². The van der Waals surface area contributed by atoms with Gasteiger partial charge in [0.2, 0.25) is 4.58 Å². The van der Waals surface area contributed by atoms with Crippen molar-refractivity contribution in [2.45, 2.75) is 28.0 Å². The Labute approximate surface area is 152 Å². The fraction of sp³-hybridized carbons (Fsp3) is 0.455. The molecule has 1 aromatic carbocycles. The summed E-state index contributed by atoms with van der Waals surface area (Å²) in [5.41, 5.74) is -21.1. The van der Waals surface area contributed by atoms with Crippen molar-refractivity contribution in [3.63, 3.8) is 0 Å². The van der Waals surface area contributed by atoms with E-state index in [-0.39, 0.29) is 0 Å². The second kappa shape index (κ2) is 6.92. The molecule has 0 radical (unpaired) electrons. The van der Waals surface area contributed by atoms with Crippen LogP contribution in [0.15, 0.2) is 18.2 Å². The molecule has 0 aliphatic carbocycles. The lowest BCUT2D eigenvalue weighted by Crippen LogP contribution is -2.39. The summed E-state index contributed by atoms with van der Waals surface area (Å²) in [6.07, 6.45) is -11.6. The predicted molar refractivity (Wildman–Crippen MR) is 69.1 cm³/mol. The minimum absolute atomic E-state index is 0.749. The summed E-state index contributed by atoms with van der Waals surface area (Å²) in [6, 6.07) is -2.46. The maximum absolute atomic E-state index is 12.7. The molecule has 4 nitrogen and oxygen atoms in total. The Bertz CT molecular complexity index is 904. The van der Waals surface area contributed by atoms with E-state index in [2.05, 4.69) is 0 Å². The van der Waals surface area contributed by atoms with E-state index < -0.39 is 82.5 Å². The molecule has 0 spiro atoms. The average Bonchev–Trinajstić information content (AvgIpc) is 2.42. The van der Waals surface area contributed by atoms with Gasteiger partial charge in [-0.1, -0.05) is 0 Å². The van der Waals surface area contributed by atoms with Crippen molar-refractivity contribution in [1.82, 2.24) is 0 Å². The normalized spacial score (nSPS) is 15.1. The van der Waals surface area contributed by atoms with Gasteiger partial charge in [-0.15, -0.1) is 0 Å². The maximum atomic E-state index is 12.7. The van der Waals surface area contributed by atoms with Crippen LogP contribution in [0.1, 0.15) is 21.3 Å². The van der Waals surface area contributed by atoms with Gasteiger partial charge in [-0.2, -0.15) is 52.7 Å². The number of rotatable bonds is 3. The predicted octanol–water partition coefficient (Wildman–Crippen LogP) is 4.59. The first-order valence-electron chi connectivity index (χ1n) is 6.33. The zero-order valence-corrected chi connectivity index (χ0v) is 14.4. The van der Waals surface area contributed by atoms with E-state index in [9.17, 15) is 69.5 Å². The van der Waals surface area contributed by atoms with Crippen molar-refractivity contribution in [1.29, 1.82) is 0 Å². The van der Waals surface area contributed by atoms with E-state index in [1.807, 2.05) is 0 Å². The third kappa shape index (κ3) is 4.89. The third-order valence-corrected chi connectivity index (χ3v) is 7.57. The lowest BCUT2D eigenvalue weighted by Gasteiger charge is -2.23. The molecule has 0 saturated heterocycles. The highest BCUT2D eigenvalue weighted by Gasteiger charge is 2.63. The van der Waals surface area contributed by atoms with Crippen LogP contribution in [0.25, 0.3) is 0 Å². The highest BCUT2D eigenvalue weighted by Crippen LogP contribution is 2.47. The van der Waals surface area contributed by atoms with Crippen LogP contribution in [-0.2, 0) is 32.0 Å². The number of halogens is 12. The van der Waals surface area contributed by atoms with Crippen LogP contribution in [0, 0.1) is 0 Å². The van der Waals surface area contributed by atoms with Gasteiger partial charge in [0.15, 0.2) is 0 Å². The van der Waals surface area contributed by atoms with Crippen LogP contribution in [0.5, 0.6) is 0 Å². The number of hydrogen-bond donors (Lipinski definition) is 0. The van der Waals surface area contributed by atoms with Crippen LogP contribution in [-0.4, -0.2) is 27.9 Å². The van der Waals surface area contributed by atoms with Crippen molar-refractivity contribution in [3.8, 4) is 0 Å². The zero-order chi connectivity index (χ0) is 23.4. The van der Waals surface area contributed by atoms with E-state index in [0.29, 0.717) is 0 Å². The van der Waals surface area contributed by atoms with Gasteiger partial charge < -0.3 is 0 Å². The monoisotopic (exact) mass is 492 g/mol. The summed E-state index contributed by atoms with van der Waals surface area (Å²) < 4.78 is 193. The Hall–Kier alpha value is -1.72. The first-order valence-corrected chi connectivity index (χ1v) is 9.43. The molecule has 168 valence electrons. The molecule has 0 saturated carbocycles. The molecular formula is C11H4F12O4S2. The lowest BCUT2D eigenvalue weighted by molar-refractivity contribution is -0.143. The second-order valence-corrected chi connectivity index (χ2v) is 9.50. The molecular weight excluding hydrogens is 488 g/mol. The van der Waals surface area contributed by atoms with Crippen LogP contribution >= 0.6 is 0 Å². The molecule has 0 bridgehead atoms. The minimum Gasteiger partial charge on any atom is -0.218 e. The molecule has 1 rings (SSSR count). The van der Waals surface area contributed by atoms with Crippen LogP contribution in [0.3, 0.4) is 0 Å². The van der Waals surface area contributed by atoms with Gasteiger partial charge in [0.25, 0.3) is 19.7 Å². The number of alkyl halides is 12. The summed E-state index contributed by atoms with van der Waals surface area (Å²) in [5.74, 6) is 0. The van der Waals surface area contributed by atoms with Gasteiger partial charge in [0.1, 0.15) is 0 Å². The molecule has 18 heteroatoms. The van der Waals surface area contributed by atoms with Crippen LogP contribution < -0.4 is 0 Å². The molecule has 0 unspecified atom stereocenters. The van der Waals surface area contributed by atoms with Crippen molar-refractivity contribution in [3.05, 3.63) is 34.9 Å². The summed E-state index contributed by atoms with van der Waals surface area (Å²) in [5, 5.41) is 0. The SMILES string of the molecule is O=S(=O)(C(c1cc(C(F)(F)F)cc(C(F)(F)F)c1)S(=O)(=O)C(F)(F)F)C(F)(F)F. The molecule has 0 amide bonds. The second-order valence-electron chi connectivity index (χ2n) is 5.15. The minimum atomic E-state index is -7.50. The van der Waals surface area contributed by atoms with E-state index in [0.717, 1.165) is 0 Å². The van der Waals surface area contributed by atoms with Crippen LogP contribution in [0.4, 0.5) is 52.7 Å². The van der Waals surface area contributed by atoms with Crippen LogP contribution in [0.2, 0.25) is 0 Å². The van der Waals surface area contributed by atoms with Crippen molar-refractivity contribution in [2.24, 2.45) is 0 Å². The summed E-state index contributed by atoms with van der Waals surface area (Å²) in [4.78, 5) is 0. The van der Waals surface area contributed by atoms with E-state index in [1.54, 1.807) is 0 Å². The summed E-state index contributed by atoms with van der Waals surface area (Å²) in [7, 11) is -15.0. The molecule has 0 aromatic heterocycles. The molecule has 0 aliphatic heterocycles. The van der Waals surface area contributed by atoms with Gasteiger partial charge in [0.05, 0.1) is 11.1 Å². The number of benzene rings is 1. The Morgan fingerprint density at radius 1 is 0.552 bits per heavy atom. The molecule has 0 aliphatic rings. The third-order valence-electron chi connectivity index (χ3n) is 3.09. The maximum Gasteiger partial charge on any atom is 0.499 e. The number of sulfone groups is 2. The smallest absolute Gasteiger partial charge is 0.218 e. The summed E-state index contributed by atoms with van der Waals surface area (Å²) in [6.45, 7) is 0. The Balaban J connectivity index is 4.13. The molecule has 0 atom stereocenters. The van der Waals surface area contributed by atoms with Gasteiger partial charge in [-0.25, -0.2) is 16.8 Å². The van der Waals surface area contributed by atoms with Gasteiger partial charge in [-0.3, -0.25) is 0 Å². The van der Waals surface area contributed by atoms with E-state index in [4.69, 9.17) is 0 Å². The Morgan fingerprint density at radius 2 is 0.828 bits per heavy atom. The zero-order valence-electron chi connectivity index (χ0n) is 12.8. The summed E-state index contributed by atoms with van der Waals surface area (Å²) >= 11 is 0. The van der Waals surface area contributed by atoms with E-state index >= 15 is 0 Å². The van der Waals surface area contributed by atoms with Gasteiger partial charge in [-0.05, 0) is 23.8 Å². The average molecular weight is 492 g/mol. The molecule has 29 heavy (non-hydrogen) atoms. The lowest BCUT2D eigenvalue weighted by atomic mass is 10.1. The highest BCUT2D eigenvalue weighted by atomic mass is 32.3. The standard InChI is InChI=1S/C11H4F12O4S2/c12-8(13,14)5-1-4(2-6(3-5)9(15,16)17)7(28(24,25)10(18,19)20)29(26,27)11(21,22)23/h1-3,7H. The largest absolute Gasteiger partial charge is 0.499 e. The van der Waals surface area contributed by atoms with E-state index in [1.165, 1.54) is 0 Å². The fourth-order valence-corrected chi connectivity index (χ4v) is 5.35. The van der Waals surface area contributed by atoms with Crippen molar-refractivity contribution in [2.75, 3.05) is 0 Å². The quantitative estimate of drug-likeness (QED) is 0.579.